The van der Waals surface area contributed by atoms with Crippen molar-refractivity contribution >= 4 is 29.1 Å². The van der Waals surface area contributed by atoms with E-state index in [2.05, 4.69) is 9.97 Å². The van der Waals surface area contributed by atoms with Gasteiger partial charge in [0.25, 0.3) is 0 Å². The summed E-state index contributed by atoms with van der Waals surface area (Å²) < 4.78 is 0. The molecule has 1 aromatic carbocycles. The van der Waals surface area contributed by atoms with Gasteiger partial charge in [0.2, 0.25) is 0 Å². The van der Waals surface area contributed by atoms with Gasteiger partial charge in [-0.25, -0.2) is 9.97 Å². The molecule has 0 amide bonds. The molecule has 1 heterocycles. The van der Waals surface area contributed by atoms with Crippen molar-refractivity contribution in [2.45, 2.75) is 23.9 Å². The molecule has 0 fully saturated rings. The van der Waals surface area contributed by atoms with Crippen molar-refractivity contribution in [2.75, 3.05) is 0 Å². The zero-order chi connectivity index (χ0) is 14.0. The largest absolute Gasteiger partial charge is 0.301 e. The van der Waals surface area contributed by atoms with E-state index < -0.39 is 4.92 Å². The molecule has 98 valence electrons. The maximum absolute atomic E-state index is 11.0. The topological polar surface area (TPSA) is 68.9 Å². The lowest BCUT2D eigenvalue weighted by molar-refractivity contribution is -0.387. The van der Waals surface area contributed by atoms with Crippen LogP contribution in [0.5, 0.6) is 0 Å². The van der Waals surface area contributed by atoms with E-state index in [0.29, 0.717) is 10.1 Å². The quantitative estimate of drug-likeness (QED) is 0.489. The Morgan fingerprint density at radius 3 is 2.47 bits per heavy atom. The number of aromatic nitrogens is 2. The molecule has 7 heteroatoms. The van der Waals surface area contributed by atoms with Crippen LogP contribution < -0.4 is 0 Å². The molecule has 0 radical (unpaired) electrons. The Bertz CT molecular complexity index is 629. The van der Waals surface area contributed by atoms with E-state index in [0.717, 1.165) is 23.1 Å². The van der Waals surface area contributed by atoms with E-state index in [1.165, 1.54) is 6.07 Å². The molecule has 2 aromatic rings. The Balaban J connectivity index is 2.43. The highest BCUT2D eigenvalue weighted by Crippen LogP contribution is 2.37. The van der Waals surface area contributed by atoms with Crippen LogP contribution in [0.3, 0.4) is 0 Å². The van der Waals surface area contributed by atoms with Crippen LogP contribution in [-0.4, -0.2) is 14.9 Å². The number of benzene rings is 1. The molecule has 0 aliphatic rings. The molecule has 0 bridgehead atoms. The van der Waals surface area contributed by atoms with Gasteiger partial charge in [0.05, 0.1) is 9.82 Å². The molecule has 0 aliphatic heterocycles. The number of nitro groups is 1. The number of rotatable bonds is 3. The minimum Gasteiger partial charge on any atom is -0.258 e. The van der Waals surface area contributed by atoms with Gasteiger partial charge < -0.3 is 0 Å². The predicted octanol–water partition coefficient (Wildman–Crippen LogP) is 3.81. The number of para-hydroxylation sites is 1. The van der Waals surface area contributed by atoms with Gasteiger partial charge in [-0.3, -0.25) is 10.1 Å². The molecule has 2 rings (SSSR count). The number of hydrogen-bond donors (Lipinski definition) is 0. The summed E-state index contributed by atoms with van der Waals surface area (Å²) in [5.41, 5.74) is 1.52. The summed E-state index contributed by atoms with van der Waals surface area (Å²) in [6, 6.07) is 6.64. The number of hydrogen-bond acceptors (Lipinski definition) is 5. The van der Waals surface area contributed by atoms with Crippen molar-refractivity contribution in [1.82, 2.24) is 9.97 Å². The fourth-order valence-corrected chi connectivity index (χ4v) is 2.90. The van der Waals surface area contributed by atoms with Gasteiger partial charge in [0, 0.05) is 11.4 Å². The lowest BCUT2D eigenvalue weighted by Gasteiger charge is -2.04. The molecule has 0 unspecified atom stereocenters. The SMILES string of the molecule is Cc1cc(C)nc(Sc2cccc(Cl)c2[N+](=O)[O-])n1. The second-order valence-electron chi connectivity index (χ2n) is 3.88. The van der Waals surface area contributed by atoms with Crippen LogP contribution in [0.4, 0.5) is 5.69 Å². The highest BCUT2D eigenvalue weighted by molar-refractivity contribution is 7.99. The van der Waals surface area contributed by atoms with Crippen LogP contribution in [-0.2, 0) is 0 Å². The van der Waals surface area contributed by atoms with Gasteiger partial charge in [0.1, 0.15) is 5.02 Å². The molecular weight excluding hydrogens is 286 g/mol. The highest BCUT2D eigenvalue weighted by atomic mass is 35.5. The Morgan fingerprint density at radius 1 is 1.26 bits per heavy atom. The zero-order valence-corrected chi connectivity index (χ0v) is 11.8. The van der Waals surface area contributed by atoms with Crippen LogP contribution in [0.15, 0.2) is 34.3 Å². The Hall–Kier alpha value is -1.66. The van der Waals surface area contributed by atoms with E-state index in [4.69, 9.17) is 11.6 Å². The van der Waals surface area contributed by atoms with Crippen LogP contribution in [0.1, 0.15) is 11.4 Å². The summed E-state index contributed by atoms with van der Waals surface area (Å²) in [6.45, 7) is 3.70. The number of aryl methyl sites for hydroxylation is 2. The molecule has 19 heavy (non-hydrogen) atoms. The van der Waals surface area contributed by atoms with Crippen molar-refractivity contribution in [2.24, 2.45) is 0 Å². The van der Waals surface area contributed by atoms with Crippen LogP contribution in [0, 0.1) is 24.0 Å². The Kier molecular flexibility index (Phi) is 4.01. The van der Waals surface area contributed by atoms with Crippen LogP contribution in [0.2, 0.25) is 5.02 Å². The third-order valence-electron chi connectivity index (χ3n) is 2.30. The van der Waals surface area contributed by atoms with Crippen molar-refractivity contribution < 1.29 is 4.92 Å². The fourth-order valence-electron chi connectivity index (χ4n) is 1.59. The lowest BCUT2D eigenvalue weighted by atomic mass is 10.3. The molecule has 0 aliphatic carbocycles. The third kappa shape index (κ3) is 3.21. The Morgan fingerprint density at radius 2 is 1.89 bits per heavy atom. The lowest BCUT2D eigenvalue weighted by Crippen LogP contribution is -1.95. The van der Waals surface area contributed by atoms with E-state index in [1.54, 1.807) is 12.1 Å². The number of halogens is 1. The summed E-state index contributed by atoms with van der Waals surface area (Å²) in [7, 11) is 0. The zero-order valence-electron chi connectivity index (χ0n) is 10.3. The van der Waals surface area contributed by atoms with Crippen molar-refractivity contribution in [3.05, 3.63) is 50.8 Å². The average molecular weight is 296 g/mol. The number of nitrogens with zero attached hydrogens (tertiary/aromatic N) is 3. The minimum atomic E-state index is -0.493. The van der Waals surface area contributed by atoms with Gasteiger partial charge in [-0.1, -0.05) is 17.7 Å². The first-order chi connectivity index (χ1) is 8.97. The van der Waals surface area contributed by atoms with Crippen molar-refractivity contribution in [1.29, 1.82) is 0 Å². The minimum absolute atomic E-state index is 0.111. The van der Waals surface area contributed by atoms with E-state index in [9.17, 15) is 10.1 Å². The van der Waals surface area contributed by atoms with Gasteiger partial charge in [-0.2, -0.15) is 0 Å². The second kappa shape index (κ2) is 5.54. The van der Waals surface area contributed by atoms with E-state index in [-0.39, 0.29) is 10.7 Å². The summed E-state index contributed by atoms with van der Waals surface area (Å²) >= 11 is 6.99. The third-order valence-corrected chi connectivity index (χ3v) is 3.51. The molecule has 1 aromatic heterocycles. The standard InChI is InChI=1S/C12H10ClN3O2S/c1-7-6-8(2)15-12(14-7)19-10-5-3-4-9(13)11(10)16(17)18/h3-6H,1-2H3. The van der Waals surface area contributed by atoms with Crippen molar-refractivity contribution in [3.63, 3.8) is 0 Å². The first kappa shape index (κ1) is 13.8. The average Bonchev–Trinajstić information content (AvgIpc) is 2.26. The molecular formula is C12H10ClN3O2S. The predicted molar refractivity (Wildman–Crippen MR) is 73.7 cm³/mol. The van der Waals surface area contributed by atoms with Crippen LogP contribution >= 0.6 is 23.4 Å². The van der Waals surface area contributed by atoms with Crippen molar-refractivity contribution in [3.8, 4) is 0 Å². The highest BCUT2D eigenvalue weighted by Gasteiger charge is 2.20. The van der Waals surface area contributed by atoms with Gasteiger partial charge in [-0.15, -0.1) is 0 Å². The Labute approximate surface area is 119 Å². The van der Waals surface area contributed by atoms with Gasteiger partial charge in [-0.05, 0) is 43.8 Å². The molecule has 0 saturated carbocycles. The first-order valence-corrected chi connectivity index (χ1v) is 6.60. The molecule has 0 atom stereocenters. The molecule has 0 N–H and O–H groups in total. The van der Waals surface area contributed by atoms with Gasteiger partial charge >= 0.3 is 5.69 Å². The fraction of sp³-hybridized carbons (Fsp3) is 0.167. The van der Waals surface area contributed by atoms with E-state index >= 15 is 0 Å². The smallest absolute Gasteiger partial charge is 0.258 e. The normalized spacial score (nSPS) is 10.5. The molecule has 5 nitrogen and oxygen atoms in total. The summed E-state index contributed by atoms with van der Waals surface area (Å²) in [5, 5.41) is 11.6. The molecule has 0 spiro atoms. The maximum Gasteiger partial charge on any atom is 0.301 e. The summed E-state index contributed by atoms with van der Waals surface area (Å²) in [6.07, 6.45) is 0. The maximum atomic E-state index is 11.0. The van der Waals surface area contributed by atoms with Crippen LogP contribution in [0.25, 0.3) is 0 Å². The first-order valence-electron chi connectivity index (χ1n) is 5.40. The van der Waals surface area contributed by atoms with E-state index in [1.807, 2.05) is 19.9 Å². The monoisotopic (exact) mass is 295 g/mol. The summed E-state index contributed by atoms with van der Waals surface area (Å²) in [4.78, 5) is 19.5. The number of nitro benzene ring substituents is 1. The second-order valence-corrected chi connectivity index (χ2v) is 5.30. The van der Waals surface area contributed by atoms with Gasteiger partial charge in [0.15, 0.2) is 5.16 Å². The molecule has 0 saturated heterocycles. The summed E-state index contributed by atoms with van der Waals surface area (Å²) in [5.74, 6) is 0.